The summed E-state index contributed by atoms with van der Waals surface area (Å²) in [5, 5.41) is 8.73. The van der Waals surface area contributed by atoms with Crippen LogP contribution in [-0.4, -0.2) is 39.5 Å². The molecular weight excluding hydrogens is 220 g/mol. The molecule has 1 aliphatic carbocycles. The van der Waals surface area contributed by atoms with Gasteiger partial charge in [0.05, 0.1) is 5.56 Å². The average Bonchev–Trinajstić information content (AvgIpc) is 3.14. The lowest BCUT2D eigenvalue weighted by Crippen LogP contribution is -2.33. The maximum atomic E-state index is 12.1. The molecule has 0 unspecified atom stereocenters. The Morgan fingerprint density at radius 3 is 2.59 bits per heavy atom. The van der Waals surface area contributed by atoms with Gasteiger partial charge in [-0.15, -0.1) is 0 Å². The summed E-state index contributed by atoms with van der Waals surface area (Å²) in [6.45, 7) is 2.59. The molecule has 1 amide bonds. The molecule has 0 aromatic carbocycles. The summed E-state index contributed by atoms with van der Waals surface area (Å²) in [7, 11) is 0. The third kappa shape index (κ3) is 2.43. The number of nitrogens with zero attached hydrogens (tertiary/aromatic N) is 2. The standard InChI is InChI=1S/C12H14N2O3/c1-2-14(9-4-5-9)11(15)10-6-3-8(7-13-10)12(16)17/h3,6-7,9H,2,4-5H2,1H3,(H,16,17). The van der Waals surface area contributed by atoms with Crippen LogP contribution in [0.1, 0.15) is 40.6 Å². The predicted molar refractivity (Wildman–Crippen MR) is 60.9 cm³/mol. The highest BCUT2D eigenvalue weighted by Gasteiger charge is 2.32. The molecule has 0 aliphatic heterocycles. The van der Waals surface area contributed by atoms with Crippen LogP contribution in [-0.2, 0) is 0 Å². The van der Waals surface area contributed by atoms with E-state index in [9.17, 15) is 9.59 Å². The van der Waals surface area contributed by atoms with Crippen LogP contribution in [0.4, 0.5) is 0 Å². The fourth-order valence-electron chi connectivity index (χ4n) is 1.75. The molecule has 1 N–H and O–H groups in total. The maximum Gasteiger partial charge on any atom is 0.337 e. The van der Waals surface area contributed by atoms with Gasteiger partial charge in [0.2, 0.25) is 0 Å². The molecule has 1 aromatic rings. The second-order valence-electron chi connectivity index (χ2n) is 4.06. The van der Waals surface area contributed by atoms with E-state index < -0.39 is 5.97 Å². The quantitative estimate of drug-likeness (QED) is 0.854. The highest BCUT2D eigenvalue weighted by Crippen LogP contribution is 2.27. The van der Waals surface area contributed by atoms with Crippen molar-refractivity contribution in [1.82, 2.24) is 9.88 Å². The SMILES string of the molecule is CCN(C(=O)c1ccc(C(=O)O)cn1)C1CC1. The van der Waals surface area contributed by atoms with Gasteiger partial charge in [-0.1, -0.05) is 0 Å². The van der Waals surface area contributed by atoms with E-state index in [0.29, 0.717) is 18.3 Å². The molecule has 1 aliphatic rings. The second-order valence-corrected chi connectivity index (χ2v) is 4.06. The summed E-state index contributed by atoms with van der Waals surface area (Å²) < 4.78 is 0. The molecule has 5 nitrogen and oxygen atoms in total. The lowest BCUT2D eigenvalue weighted by atomic mass is 10.2. The summed E-state index contributed by atoms with van der Waals surface area (Å²) in [6, 6.07) is 3.22. The Kier molecular flexibility index (Phi) is 3.08. The minimum atomic E-state index is -1.04. The van der Waals surface area contributed by atoms with Crippen molar-refractivity contribution in [2.24, 2.45) is 0 Å². The minimum absolute atomic E-state index is 0.0935. The molecule has 0 radical (unpaired) electrons. The second kappa shape index (κ2) is 4.53. The molecular formula is C12H14N2O3. The summed E-state index contributed by atoms with van der Waals surface area (Å²) in [4.78, 5) is 28.4. The molecule has 2 rings (SSSR count). The molecule has 0 spiro atoms. The molecule has 1 heterocycles. The van der Waals surface area contributed by atoms with Crippen LogP contribution in [0.3, 0.4) is 0 Å². The molecule has 1 aromatic heterocycles. The van der Waals surface area contributed by atoms with Crippen LogP contribution in [0.25, 0.3) is 0 Å². The normalized spacial score (nSPS) is 14.4. The van der Waals surface area contributed by atoms with Crippen molar-refractivity contribution < 1.29 is 14.7 Å². The predicted octanol–water partition coefficient (Wildman–Crippen LogP) is 1.40. The van der Waals surface area contributed by atoms with Gasteiger partial charge in [0.1, 0.15) is 5.69 Å². The van der Waals surface area contributed by atoms with Crippen LogP contribution in [0.5, 0.6) is 0 Å². The molecule has 0 saturated heterocycles. The van der Waals surface area contributed by atoms with Crippen LogP contribution in [0.15, 0.2) is 18.3 Å². The van der Waals surface area contributed by atoms with Gasteiger partial charge in [0.25, 0.3) is 5.91 Å². The Morgan fingerprint density at radius 2 is 2.18 bits per heavy atom. The Morgan fingerprint density at radius 1 is 1.47 bits per heavy atom. The summed E-state index contributed by atoms with van der Waals surface area (Å²) in [5.74, 6) is -1.15. The molecule has 0 bridgehead atoms. The van der Waals surface area contributed by atoms with Crippen molar-refractivity contribution in [3.05, 3.63) is 29.6 Å². The van der Waals surface area contributed by atoms with Gasteiger partial charge < -0.3 is 10.0 Å². The first-order valence-corrected chi connectivity index (χ1v) is 5.63. The van der Waals surface area contributed by atoms with Crippen LogP contribution < -0.4 is 0 Å². The third-order valence-corrected chi connectivity index (χ3v) is 2.82. The Bertz CT molecular complexity index is 438. The van der Waals surface area contributed by atoms with E-state index in [-0.39, 0.29) is 11.5 Å². The van der Waals surface area contributed by atoms with Crippen molar-refractivity contribution in [3.8, 4) is 0 Å². The van der Waals surface area contributed by atoms with Crippen molar-refractivity contribution in [2.45, 2.75) is 25.8 Å². The van der Waals surface area contributed by atoms with E-state index in [1.54, 1.807) is 4.90 Å². The lowest BCUT2D eigenvalue weighted by Gasteiger charge is -2.19. The first kappa shape index (κ1) is 11.6. The van der Waals surface area contributed by atoms with E-state index in [0.717, 1.165) is 12.8 Å². The third-order valence-electron chi connectivity index (χ3n) is 2.82. The highest BCUT2D eigenvalue weighted by molar-refractivity contribution is 5.94. The van der Waals surface area contributed by atoms with Crippen molar-refractivity contribution in [3.63, 3.8) is 0 Å². The fraction of sp³-hybridized carbons (Fsp3) is 0.417. The molecule has 5 heteroatoms. The van der Waals surface area contributed by atoms with Gasteiger partial charge >= 0.3 is 5.97 Å². The fourth-order valence-corrected chi connectivity index (χ4v) is 1.75. The number of hydrogen-bond donors (Lipinski definition) is 1. The van der Waals surface area contributed by atoms with Gasteiger partial charge in [-0.3, -0.25) is 9.78 Å². The van der Waals surface area contributed by atoms with Crippen molar-refractivity contribution >= 4 is 11.9 Å². The van der Waals surface area contributed by atoms with E-state index >= 15 is 0 Å². The highest BCUT2D eigenvalue weighted by atomic mass is 16.4. The van der Waals surface area contributed by atoms with Crippen LogP contribution in [0, 0.1) is 0 Å². The van der Waals surface area contributed by atoms with Crippen molar-refractivity contribution in [2.75, 3.05) is 6.54 Å². The van der Waals surface area contributed by atoms with E-state index in [2.05, 4.69) is 4.98 Å². The molecule has 1 fully saturated rings. The first-order chi connectivity index (χ1) is 8.13. The summed E-state index contributed by atoms with van der Waals surface area (Å²) in [5.41, 5.74) is 0.403. The first-order valence-electron chi connectivity index (χ1n) is 5.63. The Labute approximate surface area is 99.1 Å². The van der Waals surface area contributed by atoms with Gasteiger partial charge in [-0.25, -0.2) is 4.79 Å². The van der Waals surface area contributed by atoms with E-state index in [1.165, 1.54) is 18.3 Å². The smallest absolute Gasteiger partial charge is 0.337 e. The van der Waals surface area contributed by atoms with Gasteiger partial charge in [-0.2, -0.15) is 0 Å². The van der Waals surface area contributed by atoms with Gasteiger partial charge in [-0.05, 0) is 31.9 Å². The average molecular weight is 234 g/mol. The number of carbonyl (C=O) groups excluding carboxylic acids is 1. The number of aromatic nitrogens is 1. The summed E-state index contributed by atoms with van der Waals surface area (Å²) in [6.07, 6.45) is 3.32. The number of carboxylic acid groups (broad SMARTS) is 1. The number of carboxylic acids is 1. The molecule has 1 saturated carbocycles. The zero-order valence-electron chi connectivity index (χ0n) is 9.59. The number of hydrogen-bond acceptors (Lipinski definition) is 3. The summed E-state index contributed by atoms with van der Waals surface area (Å²) >= 11 is 0. The molecule has 90 valence electrons. The number of aromatic carboxylic acids is 1. The largest absolute Gasteiger partial charge is 0.478 e. The van der Waals surface area contributed by atoms with E-state index in [4.69, 9.17) is 5.11 Å². The van der Waals surface area contributed by atoms with Crippen molar-refractivity contribution in [1.29, 1.82) is 0 Å². The monoisotopic (exact) mass is 234 g/mol. The van der Waals surface area contributed by atoms with Crippen LogP contribution >= 0.6 is 0 Å². The maximum absolute atomic E-state index is 12.1. The topological polar surface area (TPSA) is 70.5 Å². The number of pyridine rings is 1. The number of amides is 1. The van der Waals surface area contributed by atoms with Gasteiger partial charge in [0.15, 0.2) is 0 Å². The number of carbonyl (C=O) groups is 2. The minimum Gasteiger partial charge on any atom is -0.478 e. The zero-order valence-corrected chi connectivity index (χ0v) is 9.59. The Hall–Kier alpha value is -1.91. The Balaban J connectivity index is 2.15. The van der Waals surface area contributed by atoms with E-state index in [1.807, 2.05) is 6.92 Å². The lowest BCUT2D eigenvalue weighted by molar-refractivity contribution is 0.0692. The molecule has 0 atom stereocenters. The van der Waals surface area contributed by atoms with Crippen LogP contribution in [0.2, 0.25) is 0 Å². The zero-order chi connectivity index (χ0) is 12.4. The van der Waals surface area contributed by atoms with Gasteiger partial charge in [0, 0.05) is 18.8 Å². The number of rotatable bonds is 4. The molecule has 17 heavy (non-hydrogen) atoms.